The van der Waals surface area contributed by atoms with Gasteiger partial charge >= 0.3 is 6.01 Å². The minimum Gasteiger partial charge on any atom is -0.460 e. The van der Waals surface area contributed by atoms with E-state index in [1.807, 2.05) is 38.2 Å². The second-order valence-electron chi connectivity index (χ2n) is 4.26. The summed E-state index contributed by atoms with van der Waals surface area (Å²) in [6.07, 6.45) is 1.22. The van der Waals surface area contributed by atoms with E-state index in [0.717, 1.165) is 0 Å². The summed E-state index contributed by atoms with van der Waals surface area (Å²) in [5.74, 6) is 0. The Morgan fingerprint density at radius 3 is 2.89 bits per heavy atom. The Labute approximate surface area is 105 Å². The summed E-state index contributed by atoms with van der Waals surface area (Å²) in [5, 5.41) is 17.5. The van der Waals surface area contributed by atoms with E-state index in [-0.39, 0.29) is 19.3 Å². The number of ether oxygens (including phenoxy) is 2. The fourth-order valence-electron chi connectivity index (χ4n) is 1.44. The molecule has 0 bridgehead atoms. The molecule has 2 heterocycles. The number of aliphatic hydroxyl groups is 1. The molecule has 0 radical (unpaired) electrons. The lowest BCUT2D eigenvalue weighted by atomic mass is 10.4. The second-order valence-corrected chi connectivity index (χ2v) is 4.26. The van der Waals surface area contributed by atoms with Crippen molar-refractivity contribution in [3.05, 3.63) is 24.4 Å². The van der Waals surface area contributed by atoms with E-state index in [0.29, 0.717) is 11.7 Å². The van der Waals surface area contributed by atoms with E-state index < -0.39 is 6.10 Å². The molecular formula is C12H17N3O3. The minimum atomic E-state index is -0.677. The first-order valence-electron chi connectivity index (χ1n) is 5.89. The van der Waals surface area contributed by atoms with Gasteiger partial charge < -0.3 is 14.6 Å². The first-order valence-corrected chi connectivity index (χ1v) is 5.89. The summed E-state index contributed by atoms with van der Waals surface area (Å²) in [6.45, 7) is 4.20. The average molecular weight is 251 g/mol. The summed E-state index contributed by atoms with van der Waals surface area (Å²) in [6, 6.07) is 5.94. The molecule has 2 aromatic heterocycles. The van der Waals surface area contributed by atoms with Crippen molar-refractivity contribution in [2.45, 2.75) is 26.1 Å². The van der Waals surface area contributed by atoms with Crippen LogP contribution in [0.15, 0.2) is 24.4 Å². The summed E-state index contributed by atoms with van der Waals surface area (Å²) >= 11 is 0. The van der Waals surface area contributed by atoms with Crippen molar-refractivity contribution in [2.75, 3.05) is 13.2 Å². The van der Waals surface area contributed by atoms with Crippen LogP contribution in [0.3, 0.4) is 0 Å². The van der Waals surface area contributed by atoms with E-state index >= 15 is 0 Å². The SMILES string of the molecule is CC(C)OCC(O)COc1nnc2ccccn12. The third-order valence-electron chi connectivity index (χ3n) is 2.31. The Morgan fingerprint density at radius 2 is 2.11 bits per heavy atom. The first-order chi connectivity index (χ1) is 8.66. The summed E-state index contributed by atoms with van der Waals surface area (Å²) in [7, 11) is 0. The van der Waals surface area contributed by atoms with E-state index in [4.69, 9.17) is 9.47 Å². The molecule has 0 spiro atoms. The molecule has 0 amide bonds. The fraction of sp³-hybridized carbons (Fsp3) is 0.500. The molecular weight excluding hydrogens is 234 g/mol. The maximum absolute atomic E-state index is 9.66. The number of aromatic nitrogens is 3. The highest BCUT2D eigenvalue weighted by Gasteiger charge is 2.10. The third-order valence-corrected chi connectivity index (χ3v) is 2.31. The maximum Gasteiger partial charge on any atom is 0.321 e. The van der Waals surface area contributed by atoms with Crippen LogP contribution in [0.25, 0.3) is 5.65 Å². The molecule has 98 valence electrons. The van der Waals surface area contributed by atoms with Crippen LogP contribution in [0.5, 0.6) is 6.01 Å². The van der Waals surface area contributed by atoms with Crippen LogP contribution < -0.4 is 4.74 Å². The number of pyridine rings is 1. The predicted molar refractivity (Wildman–Crippen MR) is 65.6 cm³/mol. The van der Waals surface area contributed by atoms with Crippen molar-refractivity contribution in [2.24, 2.45) is 0 Å². The minimum absolute atomic E-state index is 0.0913. The predicted octanol–water partition coefficient (Wildman–Crippen LogP) is 0.894. The number of hydrogen-bond acceptors (Lipinski definition) is 5. The van der Waals surface area contributed by atoms with E-state index in [2.05, 4.69) is 10.2 Å². The van der Waals surface area contributed by atoms with E-state index in [1.54, 1.807) is 4.40 Å². The van der Waals surface area contributed by atoms with Gasteiger partial charge in [0.05, 0.1) is 12.7 Å². The van der Waals surface area contributed by atoms with Crippen LogP contribution in [0.2, 0.25) is 0 Å². The van der Waals surface area contributed by atoms with Crippen LogP contribution in [-0.4, -0.2) is 45.1 Å². The lowest BCUT2D eigenvalue weighted by Crippen LogP contribution is -2.25. The number of nitrogens with zero attached hydrogens (tertiary/aromatic N) is 3. The van der Waals surface area contributed by atoms with Crippen LogP contribution in [0.1, 0.15) is 13.8 Å². The molecule has 0 aliphatic rings. The molecule has 6 heteroatoms. The fourth-order valence-corrected chi connectivity index (χ4v) is 1.44. The zero-order valence-corrected chi connectivity index (χ0v) is 10.5. The second kappa shape index (κ2) is 5.79. The van der Waals surface area contributed by atoms with Crippen molar-refractivity contribution in [1.82, 2.24) is 14.6 Å². The number of hydrogen-bond donors (Lipinski definition) is 1. The van der Waals surface area contributed by atoms with Gasteiger partial charge in [-0.15, -0.1) is 5.10 Å². The normalized spacial score (nSPS) is 13.1. The van der Waals surface area contributed by atoms with Gasteiger partial charge in [0.15, 0.2) is 5.65 Å². The van der Waals surface area contributed by atoms with Gasteiger partial charge in [-0.2, -0.15) is 0 Å². The zero-order chi connectivity index (χ0) is 13.0. The molecule has 1 N–H and O–H groups in total. The zero-order valence-electron chi connectivity index (χ0n) is 10.5. The summed E-state index contributed by atoms with van der Waals surface area (Å²) < 4.78 is 12.4. The van der Waals surface area contributed by atoms with Crippen LogP contribution in [0.4, 0.5) is 0 Å². The highest BCUT2D eigenvalue weighted by Crippen LogP contribution is 2.09. The highest BCUT2D eigenvalue weighted by atomic mass is 16.5. The quantitative estimate of drug-likeness (QED) is 0.826. The van der Waals surface area contributed by atoms with Crippen molar-refractivity contribution < 1.29 is 14.6 Å². The standard InChI is InChI=1S/C12H17N3O3/c1-9(2)17-7-10(16)8-18-12-14-13-11-5-3-4-6-15(11)12/h3-6,9-10,16H,7-8H2,1-2H3. The van der Waals surface area contributed by atoms with Gasteiger partial charge in [0, 0.05) is 6.20 Å². The Kier molecular flexibility index (Phi) is 4.11. The summed E-state index contributed by atoms with van der Waals surface area (Å²) in [4.78, 5) is 0. The average Bonchev–Trinajstić information content (AvgIpc) is 2.77. The topological polar surface area (TPSA) is 68.9 Å². The third kappa shape index (κ3) is 3.18. The highest BCUT2D eigenvalue weighted by molar-refractivity contribution is 5.38. The molecule has 18 heavy (non-hydrogen) atoms. The molecule has 6 nitrogen and oxygen atoms in total. The Hall–Kier alpha value is -1.66. The van der Waals surface area contributed by atoms with Crippen molar-refractivity contribution in [3.8, 4) is 6.01 Å². The summed E-state index contributed by atoms with van der Waals surface area (Å²) in [5.41, 5.74) is 0.709. The number of rotatable bonds is 6. The maximum atomic E-state index is 9.66. The van der Waals surface area contributed by atoms with Gasteiger partial charge in [-0.05, 0) is 26.0 Å². The van der Waals surface area contributed by atoms with Crippen molar-refractivity contribution in [1.29, 1.82) is 0 Å². The lowest BCUT2D eigenvalue weighted by molar-refractivity contribution is -0.0137. The smallest absolute Gasteiger partial charge is 0.321 e. The van der Waals surface area contributed by atoms with Gasteiger partial charge in [-0.25, -0.2) is 0 Å². The molecule has 2 rings (SSSR count). The molecule has 1 atom stereocenters. The van der Waals surface area contributed by atoms with Gasteiger partial charge in [-0.1, -0.05) is 11.2 Å². The molecule has 0 saturated heterocycles. The lowest BCUT2D eigenvalue weighted by Gasteiger charge is -2.13. The van der Waals surface area contributed by atoms with Gasteiger partial charge in [0.25, 0.3) is 0 Å². The number of fused-ring (bicyclic) bond motifs is 1. The Bertz CT molecular complexity index is 498. The largest absolute Gasteiger partial charge is 0.460 e. The van der Waals surface area contributed by atoms with Gasteiger partial charge in [0.1, 0.15) is 12.7 Å². The monoisotopic (exact) mass is 251 g/mol. The molecule has 0 aliphatic heterocycles. The van der Waals surface area contributed by atoms with E-state index in [9.17, 15) is 5.11 Å². The van der Waals surface area contributed by atoms with Crippen LogP contribution >= 0.6 is 0 Å². The van der Waals surface area contributed by atoms with Gasteiger partial charge in [-0.3, -0.25) is 4.40 Å². The molecule has 0 saturated carbocycles. The number of aliphatic hydroxyl groups excluding tert-OH is 1. The molecule has 1 unspecified atom stereocenters. The first kappa shape index (κ1) is 12.8. The Morgan fingerprint density at radius 1 is 1.28 bits per heavy atom. The molecule has 0 aliphatic carbocycles. The van der Waals surface area contributed by atoms with Crippen LogP contribution in [0, 0.1) is 0 Å². The molecule has 0 aromatic carbocycles. The molecule has 0 fully saturated rings. The van der Waals surface area contributed by atoms with Crippen LogP contribution in [-0.2, 0) is 4.74 Å². The van der Waals surface area contributed by atoms with Crippen molar-refractivity contribution in [3.63, 3.8) is 0 Å². The molecule has 2 aromatic rings. The van der Waals surface area contributed by atoms with Gasteiger partial charge in [0.2, 0.25) is 0 Å². The van der Waals surface area contributed by atoms with Crippen molar-refractivity contribution >= 4 is 5.65 Å². The Balaban J connectivity index is 1.90. The van der Waals surface area contributed by atoms with E-state index in [1.165, 1.54) is 0 Å².